The third-order valence-corrected chi connectivity index (χ3v) is 8.18. The zero-order chi connectivity index (χ0) is 18.2. The molecule has 3 rings (SSSR count). The Labute approximate surface area is 146 Å². The van der Waals surface area contributed by atoms with Gasteiger partial charge in [0.2, 0.25) is 0 Å². The van der Waals surface area contributed by atoms with Gasteiger partial charge in [0, 0.05) is 0 Å². The van der Waals surface area contributed by atoms with E-state index >= 15 is 0 Å². The second kappa shape index (κ2) is 6.27. The summed E-state index contributed by atoms with van der Waals surface area (Å²) < 4.78 is 55.9. The van der Waals surface area contributed by atoms with Gasteiger partial charge in [-0.05, 0) is 30.7 Å². The second-order valence-electron chi connectivity index (χ2n) is 5.57. The molecule has 132 valence electrons. The smallest absolute Gasteiger partial charge is 0.339 e. The molecular formula is C17H16O6S2. The molecule has 0 amide bonds. The van der Waals surface area contributed by atoms with Crippen molar-refractivity contribution in [2.24, 2.45) is 0 Å². The van der Waals surface area contributed by atoms with E-state index in [2.05, 4.69) is 0 Å². The van der Waals surface area contributed by atoms with Gasteiger partial charge in [-0.25, -0.2) is 21.6 Å². The number of fused-ring (bicyclic) bond motifs is 1. The first kappa shape index (κ1) is 17.6. The lowest BCUT2D eigenvalue weighted by molar-refractivity contribution is 0.0521. The highest BCUT2D eigenvalue weighted by atomic mass is 32.2. The molecule has 6 nitrogen and oxygen atoms in total. The largest absolute Gasteiger partial charge is 0.462 e. The molecule has 0 N–H and O–H groups in total. The molecule has 0 aliphatic carbocycles. The van der Waals surface area contributed by atoms with Crippen LogP contribution in [0.5, 0.6) is 0 Å². The van der Waals surface area contributed by atoms with Crippen LogP contribution in [-0.4, -0.2) is 35.2 Å². The van der Waals surface area contributed by atoms with Crippen LogP contribution in [0.15, 0.2) is 58.3 Å². The highest BCUT2D eigenvalue weighted by molar-refractivity contribution is 7.96. The van der Waals surface area contributed by atoms with Crippen LogP contribution in [0.25, 0.3) is 0 Å². The molecule has 1 atom stereocenters. The molecule has 0 fully saturated rings. The molecule has 8 heteroatoms. The zero-order valence-corrected chi connectivity index (χ0v) is 15.0. The van der Waals surface area contributed by atoms with Crippen LogP contribution in [-0.2, 0) is 24.4 Å². The van der Waals surface area contributed by atoms with Gasteiger partial charge in [-0.15, -0.1) is 0 Å². The summed E-state index contributed by atoms with van der Waals surface area (Å²) in [4.78, 5) is 11.9. The van der Waals surface area contributed by atoms with Gasteiger partial charge in [0.05, 0.1) is 27.7 Å². The monoisotopic (exact) mass is 380 g/mol. The average molecular weight is 380 g/mol. The first-order valence-electron chi connectivity index (χ1n) is 7.60. The molecule has 0 radical (unpaired) electrons. The number of hydrogen-bond donors (Lipinski definition) is 0. The molecule has 0 spiro atoms. The molecule has 0 bridgehead atoms. The van der Waals surface area contributed by atoms with Crippen LogP contribution >= 0.6 is 0 Å². The van der Waals surface area contributed by atoms with Crippen molar-refractivity contribution in [1.29, 1.82) is 0 Å². The number of rotatable bonds is 4. The Morgan fingerprint density at radius 1 is 1.12 bits per heavy atom. The van der Waals surface area contributed by atoms with Gasteiger partial charge in [0.25, 0.3) is 0 Å². The number of ether oxygens (including phenoxy) is 1. The van der Waals surface area contributed by atoms with Gasteiger partial charge in [0.1, 0.15) is 5.25 Å². The first-order valence-corrected chi connectivity index (χ1v) is 10.8. The predicted octanol–water partition coefficient (Wildman–Crippen LogP) is 2.17. The maximum atomic E-state index is 12.9. The Hall–Kier alpha value is -2.19. The van der Waals surface area contributed by atoms with E-state index < -0.39 is 36.6 Å². The van der Waals surface area contributed by atoms with E-state index in [4.69, 9.17) is 4.74 Å². The molecule has 2 aromatic rings. The fourth-order valence-electron chi connectivity index (χ4n) is 2.93. The predicted molar refractivity (Wildman–Crippen MR) is 90.8 cm³/mol. The number of hydrogen-bond acceptors (Lipinski definition) is 6. The second-order valence-corrected chi connectivity index (χ2v) is 9.67. The van der Waals surface area contributed by atoms with Gasteiger partial charge in [-0.1, -0.05) is 30.3 Å². The number of carbonyl (C=O) groups excluding carboxylic acids is 1. The summed E-state index contributed by atoms with van der Waals surface area (Å²) in [6.07, 6.45) is 0. The number of benzene rings is 2. The van der Waals surface area contributed by atoms with E-state index in [1.165, 1.54) is 30.3 Å². The summed E-state index contributed by atoms with van der Waals surface area (Å²) in [5.41, 5.74) is -0.000446. The normalized spacial score (nSPS) is 18.5. The lowest BCUT2D eigenvalue weighted by Gasteiger charge is -2.12. The number of esters is 1. The number of sulfone groups is 2. The van der Waals surface area contributed by atoms with E-state index in [1.54, 1.807) is 25.1 Å². The van der Waals surface area contributed by atoms with Crippen LogP contribution in [0.4, 0.5) is 0 Å². The first-order chi connectivity index (χ1) is 11.8. The molecule has 1 heterocycles. The van der Waals surface area contributed by atoms with E-state index in [0.717, 1.165) is 0 Å². The Morgan fingerprint density at radius 2 is 1.80 bits per heavy atom. The SMILES string of the molecule is CCOC(=O)c1cccc2c1S(=O)(=O)CC2S(=O)(=O)c1ccccc1. The highest BCUT2D eigenvalue weighted by Gasteiger charge is 2.45. The minimum absolute atomic E-state index is 0.0459. The van der Waals surface area contributed by atoms with Crippen LogP contribution in [0.1, 0.15) is 28.1 Å². The Balaban J connectivity index is 2.19. The minimum atomic E-state index is -3.92. The summed E-state index contributed by atoms with van der Waals surface area (Å²) >= 11 is 0. The van der Waals surface area contributed by atoms with Crippen LogP contribution in [0.3, 0.4) is 0 Å². The topological polar surface area (TPSA) is 94.6 Å². The summed E-state index contributed by atoms with van der Waals surface area (Å²) in [5, 5.41) is -1.25. The third kappa shape index (κ3) is 2.96. The molecule has 0 saturated heterocycles. The van der Waals surface area contributed by atoms with E-state index in [1.807, 2.05) is 0 Å². The van der Waals surface area contributed by atoms with Crippen molar-refractivity contribution in [3.05, 3.63) is 59.7 Å². The van der Waals surface area contributed by atoms with Crippen molar-refractivity contribution >= 4 is 25.6 Å². The van der Waals surface area contributed by atoms with E-state index in [9.17, 15) is 21.6 Å². The van der Waals surface area contributed by atoms with Crippen molar-refractivity contribution in [3.8, 4) is 0 Å². The molecule has 1 unspecified atom stereocenters. The van der Waals surface area contributed by atoms with E-state index in [0.29, 0.717) is 0 Å². The third-order valence-electron chi connectivity index (χ3n) is 4.02. The molecule has 0 saturated carbocycles. The maximum Gasteiger partial charge on any atom is 0.339 e. The zero-order valence-electron chi connectivity index (χ0n) is 13.4. The molecule has 25 heavy (non-hydrogen) atoms. The summed E-state index contributed by atoms with van der Waals surface area (Å²) in [5.74, 6) is -1.36. The highest BCUT2D eigenvalue weighted by Crippen LogP contribution is 2.42. The van der Waals surface area contributed by atoms with Gasteiger partial charge < -0.3 is 4.74 Å². The number of carbonyl (C=O) groups is 1. The lowest BCUT2D eigenvalue weighted by Crippen LogP contribution is -2.15. The van der Waals surface area contributed by atoms with Crippen LogP contribution < -0.4 is 0 Å². The quantitative estimate of drug-likeness (QED) is 0.755. The van der Waals surface area contributed by atoms with Crippen molar-refractivity contribution < 1.29 is 26.4 Å². The standard InChI is InChI=1S/C17H16O6S2/c1-2-23-17(18)14-10-6-9-13-15(11-24(19,20)16(13)14)25(21,22)12-7-4-3-5-8-12/h3-10,15H,2,11H2,1H3. The van der Waals surface area contributed by atoms with Gasteiger partial charge in [-0.3, -0.25) is 0 Å². The summed E-state index contributed by atoms with van der Waals surface area (Å²) in [7, 11) is -7.83. The molecule has 0 aromatic heterocycles. The van der Waals surface area contributed by atoms with Crippen LogP contribution in [0.2, 0.25) is 0 Å². The van der Waals surface area contributed by atoms with Crippen molar-refractivity contribution in [3.63, 3.8) is 0 Å². The van der Waals surface area contributed by atoms with Crippen molar-refractivity contribution in [1.82, 2.24) is 0 Å². The fourth-order valence-corrected chi connectivity index (χ4v) is 7.45. The van der Waals surface area contributed by atoms with Gasteiger partial charge >= 0.3 is 5.97 Å². The van der Waals surface area contributed by atoms with Crippen LogP contribution in [0, 0.1) is 0 Å². The fraction of sp³-hybridized carbons (Fsp3) is 0.235. The van der Waals surface area contributed by atoms with Crippen molar-refractivity contribution in [2.45, 2.75) is 22.0 Å². The molecule has 1 aliphatic rings. The molecular weight excluding hydrogens is 364 g/mol. The summed E-state index contributed by atoms with van der Waals surface area (Å²) in [6, 6.07) is 11.9. The lowest BCUT2D eigenvalue weighted by atomic mass is 10.1. The Morgan fingerprint density at radius 3 is 2.44 bits per heavy atom. The average Bonchev–Trinajstić information content (AvgIpc) is 2.88. The van der Waals surface area contributed by atoms with E-state index in [-0.39, 0.29) is 27.5 Å². The van der Waals surface area contributed by atoms with Gasteiger partial charge in [-0.2, -0.15) is 0 Å². The molecule has 1 aliphatic heterocycles. The Kier molecular flexibility index (Phi) is 4.42. The summed E-state index contributed by atoms with van der Waals surface area (Å²) in [6.45, 7) is 1.70. The minimum Gasteiger partial charge on any atom is -0.462 e. The molecule has 2 aromatic carbocycles. The maximum absolute atomic E-state index is 12.9. The van der Waals surface area contributed by atoms with Crippen molar-refractivity contribution in [2.75, 3.05) is 12.4 Å². The van der Waals surface area contributed by atoms with Gasteiger partial charge in [0.15, 0.2) is 19.7 Å². The Bertz CT molecular complexity index is 1020.